The second-order valence-corrected chi connectivity index (χ2v) is 4.66. The molecule has 2 aliphatic heterocycles. The molecule has 2 N–H and O–H groups in total. The lowest BCUT2D eigenvalue weighted by atomic mass is 10.1. The van der Waals surface area contributed by atoms with Crippen LogP contribution in [0, 0.1) is 0 Å². The fourth-order valence-corrected chi connectivity index (χ4v) is 2.43. The van der Waals surface area contributed by atoms with Crippen molar-refractivity contribution in [3.05, 3.63) is 23.3 Å². The van der Waals surface area contributed by atoms with Gasteiger partial charge in [-0.3, -0.25) is 4.90 Å². The molecule has 0 bridgehead atoms. The van der Waals surface area contributed by atoms with Crippen LogP contribution in [-0.4, -0.2) is 43.0 Å². The smallest absolute Gasteiger partial charge is 0.231 e. The van der Waals surface area contributed by atoms with Crippen LogP contribution in [0.3, 0.4) is 0 Å². The maximum atomic E-state index is 9.45. The van der Waals surface area contributed by atoms with Gasteiger partial charge >= 0.3 is 0 Å². The van der Waals surface area contributed by atoms with E-state index in [2.05, 4.69) is 10.2 Å². The zero-order valence-electron chi connectivity index (χ0n) is 10.3. The van der Waals surface area contributed by atoms with E-state index in [1.54, 1.807) is 0 Å². The number of ether oxygens (including phenoxy) is 2. The van der Waals surface area contributed by atoms with Crippen LogP contribution < -0.4 is 14.8 Å². The quantitative estimate of drug-likeness (QED) is 0.809. The molecule has 1 saturated heterocycles. The largest absolute Gasteiger partial charge is 0.454 e. The third-order valence-electron chi connectivity index (χ3n) is 3.47. The van der Waals surface area contributed by atoms with Crippen molar-refractivity contribution in [1.82, 2.24) is 10.2 Å². The van der Waals surface area contributed by atoms with Gasteiger partial charge in [0.25, 0.3) is 0 Å². The minimum absolute atomic E-state index is 0.0397. The summed E-state index contributed by atoms with van der Waals surface area (Å²) in [7, 11) is 0. The summed E-state index contributed by atoms with van der Waals surface area (Å²) in [6.07, 6.45) is 0. The van der Waals surface area contributed by atoms with Crippen LogP contribution in [0.4, 0.5) is 0 Å². The number of fused-ring (bicyclic) bond motifs is 1. The van der Waals surface area contributed by atoms with Gasteiger partial charge in [0.15, 0.2) is 11.5 Å². The van der Waals surface area contributed by atoms with Gasteiger partial charge in [-0.05, 0) is 23.3 Å². The molecule has 0 radical (unpaired) electrons. The molecule has 0 atom stereocenters. The predicted molar refractivity (Wildman–Crippen MR) is 66.6 cm³/mol. The van der Waals surface area contributed by atoms with Crippen molar-refractivity contribution in [2.24, 2.45) is 0 Å². The predicted octanol–water partition coefficient (Wildman–Crippen LogP) is 0.313. The summed E-state index contributed by atoms with van der Waals surface area (Å²) in [5, 5.41) is 12.8. The van der Waals surface area contributed by atoms with Gasteiger partial charge in [0.2, 0.25) is 6.79 Å². The van der Waals surface area contributed by atoms with Crippen molar-refractivity contribution >= 4 is 0 Å². The molecule has 0 saturated carbocycles. The molecule has 98 valence electrons. The first-order chi connectivity index (χ1) is 8.86. The van der Waals surface area contributed by atoms with Crippen molar-refractivity contribution < 1.29 is 14.6 Å². The summed E-state index contributed by atoms with van der Waals surface area (Å²) in [5.41, 5.74) is 2.06. The molecular weight excluding hydrogens is 232 g/mol. The number of piperazine rings is 1. The Kier molecular flexibility index (Phi) is 3.36. The molecule has 0 spiro atoms. The van der Waals surface area contributed by atoms with Gasteiger partial charge in [-0.25, -0.2) is 0 Å². The summed E-state index contributed by atoms with van der Waals surface area (Å²) in [6, 6.07) is 3.88. The number of hydrogen-bond acceptors (Lipinski definition) is 5. The van der Waals surface area contributed by atoms with E-state index in [-0.39, 0.29) is 13.4 Å². The average Bonchev–Trinajstić information content (AvgIpc) is 2.86. The minimum Gasteiger partial charge on any atom is -0.454 e. The lowest BCUT2D eigenvalue weighted by Gasteiger charge is -2.27. The van der Waals surface area contributed by atoms with E-state index in [4.69, 9.17) is 9.47 Å². The molecule has 1 fully saturated rings. The monoisotopic (exact) mass is 250 g/mol. The van der Waals surface area contributed by atoms with Gasteiger partial charge in [0.1, 0.15) is 0 Å². The maximum absolute atomic E-state index is 9.45. The fourth-order valence-electron chi connectivity index (χ4n) is 2.43. The normalized spacial score (nSPS) is 19.2. The lowest BCUT2D eigenvalue weighted by molar-refractivity contribution is 0.173. The summed E-state index contributed by atoms with van der Waals surface area (Å²) < 4.78 is 10.7. The first-order valence-electron chi connectivity index (χ1n) is 6.32. The minimum atomic E-state index is 0.0397. The highest BCUT2D eigenvalue weighted by molar-refractivity contribution is 5.48. The molecule has 0 aliphatic carbocycles. The summed E-state index contributed by atoms with van der Waals surface area (Å²) in [5.74, 6) is 1.53. The van der Waals surface area contributed by atoms with E-state index in [1.807, 2.05) is 12.1 Å². The molecule has 0 aromatic heterocycles. The molecule has 18 heavy (non-hydrogen) atoms. The van der Waals surface area contributed by atoms with Gasteiger partial charge in [-0.15, -0.1) is 0 Å². The Morgan fingerprint density at radius 3 is 2.44 bits per heavy atom. The van der Waals surface area contributed by atoms with Gasteiger partial charge in [-0.2, -0.15) is 0 Å². The van der Waals surface area contributed by atoms with E-state index in [9.17, 15) is 5.11 Å². The number of aliphatic hydroxyl groups is 1. The Balaban J connectivity index is 1.81. The molecule has 1 aromatic carbocycles. The van der Waals surface area contributed by atoms with E-state index in [0.29, 0.717) is 0 Å². The Bertz CT molecular complexity index is 430. The highest BCUT2D eigenvalue weighted by Gasteiger charge is 2.19. The highest BCUT2D eigenvalue weighted by Crippen LogP contribution is 2.35. The third-order valence-corrected chi connectivity index (χ3v) is 3.47. The zero-order valence-corrected chi connectivity index (χ0v) is 10.3. The van der Waals surface area contributed by atoms with Crippen LogP contribution in [0.5, 0.6) is 11.5 Å². The standard InChI is InChI=1S/C13H18N2O3/c16-8-11-6-13-12(17-9-18-13)5-10(11)7-15-3-1-14-2-4-15/h5-6,14,16H,1-4,7-9H2. The van der Waals surface area contributed by atoms with E-state index < -0.39 is 0 Å². The topological polar surface area (TPSA) is 54.0 Å². The van der Waals surface area contributed by atoms with Crippen LogP contribution in [-0.2, 0) is 13.2 Å². The maximum Gasteiger partial charge on any atom is 0.231 e. The molecule has 0 amide bonds. The molecule has 2 aliphatic rings. The third kappa shape index (κ3) is 2.29. The molecular formula is C13H18N2O3. The molecule has 1 aromatic rings. The molecule has 3 rings (SSSR count). The number of hydrogen-bond donors (Lipinski definition) is 2. The summed E-state index contributed by atoms with van der Waals surface area (Å²) in [4.78, 5) is 2.38. The van der Waals surface area contributed by atoms with E-state index >= 15 is 0 Å². The van der Waals surface area contributed by atoms with Crippen molar-refractivity contribution in [3.8, 4) is 11.5 Å². The van der Waals surface area contributed by atoms with Gasteiger partial charge in [0, 0.05) is 32.7 Å². The van der Waals surface area contributed by atoms with Crippen molar-refractivity contribution in [2.75, 3.05) is 33.0 Å². The SMILES string of the molecule is OCc1cc2c(cc1CN1CCNCC1)OCO2. The number of benzene rings is 1. The molecule has 2 heterocycles. The Morgan fingerprint density at radius 2 is 1.78 bits per heavy atom. The Morgan fingerprint density at radius 1 is 1.11 bits per heavy atom. The first kappa shape index (κ1) is 11.8. The number of rotatable bonds is 3. The summed E-state index contributed by atoms with van der Waals surface area (Å²) >= 11 is 0. The van der Waals surface area contributed by atoms with E-state index in [0.717, 1.165) is 55.3 Å². The Hall–Kier alpha value is -1.30. The number of aliphatic hydroxyl groups excluding tert-OH is 1. The number of nitrogens with zero attached hydrogens (tertiary/aromatic N) is 1. The van der Waals surface area contributed by atoms with Gasteiger partial charge in [-0.1, -0.05) is 0 Å². The van der Waals surface area contributed by atoms with Gasteiger partial charge in [0.05, 0.1) is 6.61 Å². The van der Waals surface area contributed by atoms with Crippen LogP contribution in [0.15, 0.2) is 12.1 Å². The van der Waals surface area contributed by atoms with Crippen LogP contribution in [0.25, 0.3) is 0 Å². The van der Waals surface area contributed by atoms with Crippen molar-refractivity contribution in [3.63, 3.8) is 0 Å². The Labute approximate surface area is 106 Å². The average molecular weight is 250 g/mol. The first-order valence-corrected chi connectivity index (χ1v) is 6.32. The second-order valence-electron chi connectivity index (χ2n) is 4.66. The van der Waals surface area contributed by atoms with Crippen LogP contribution in [0.1, 0.15) is 11.1 Å². The van der Waals surface area contributed by atoms with Gasteiger partial charge < -0.3 is 19.9 Å². The lowest BCUT2D eigenvalue weighted by Crippen LogP contribution is -2.43. The second kappa shape index (κ2) is 5.14. The van der Waals surface area contributed by atoms with Crippen LogP contribution >= 0.6 is 0 Å². The highest BCUT2D eigenvalue weighted by atomic mass is 16.7. The fraction of sp³-hybridized carbons (Fsp3) is 0.538. The van der Waals surface area contributed by atoms with Crippen molar-refractivity contribution in [2.45, 2.75) is 13.2 Å². The molecule has 5 heteroatoms. The molecule has 5 nitrogen and oxygen atoms in total. The number of nitrogens with one attached hydrogen (secondary N) is 1. The van der Waals surface area contributed by atoms with Crippen LogP contribution in [0.2, 0.25) is 0 Å². The van der Waals surface area contributed by atoms with Crippen molar-refractivity contribution in [1.29, 1.82) is 0 Å². The zero-order chi connectivity index (χ0) is 12.4. The van der Waals surface area contributed by atoms with E-state index in [1.165, 1.54) is 0 Å². The molecule has 0 unspecified atom stereocenters. The summed E-state index contributed by atoms with van der Waals surface area (Å²) in [6.45, 7) is 5.31.